The number of halogens is 1. The zero-order valence-corrected chi connectivity index (χ0v) is 10.1. The van der Waals surface area contributed by atoms with E-state index in [9.17, 15) is 4.39 Å². The van der Waals surface area contributed by atoms with Crippen LogP contribution >= 0.6 is 0 Å². The molecule has 0 fully saturated rings. The van der Waals surface area contributed by atoms with Crippen LogP contribution in [-0.2, 0) is 6.54 Å². The second kappa shape index (κ2) is 4.70. The summed E-state index contributed by atoms with van der Waals surface area (Å²) in [7, 11) is 0. The third-order valence-electron chi connectivity index (χ3n) is 2.83. The molecule has 0 atom stereocenters. The van der Waals surface area contributed by atoms with Crippen LogP contribution in [0, 0.1) is 5.82 Å². The number of nitrogens with one attached hydrogen (secondary N) is 1. The van der Waals surface area contributed by atoms with Crippen LogP contribution in [0.5, 0.6) is 0 Å². The van der Waals surface area contributed by atoms with E-state index < -0.39 is 0 Å². The van der Waals surface area contributed by atoms with E-state index in [-0.39, 0.29) is 5.82 Å². The summed E-state index contributed by atoms with van der Waals surface area (Å²) in [6.07, 6.45) is 1.69. The maximum absolute atomic E-state index is 12.9. The molecule has 3 aromatic rings. The lowest BCUT2D eigenvalue weighted by atomic mass is 10.2. The number of nitrogens with zero attached hydrogens (tertiary/aromatic N) is 1. The van der Waals surface area contributed by atoms with Crippen LogP contribution in [0.15, 0.2) is 47.0 Å². The number of H-pyrrole nitrogens is 1. The van der Waals surface area contributed by atoms with E-state index >= 15 is 0 Å². The molecular weight excluding hydrogens is 245 g/mol. The normalized spacial score (nSPS) is 10.8. The minimum atomic E-state index is -0.262. The summed E-state index contributed by atoms with van der Waals surface area (Å²) in [5.41, 5.74) is 7.16. The number of nitrogens with two attached hydrogens (primary N) is 1. The van der Waals surface area contributed by atoms with Gasteiger partial charge in [0.15, 0.2) is 11.6 Å². The van der Waals surface area contributed by atoms with E-state index in [1.54, 1.807) is 18.3 Å². The van der Waals surface area contributed by atoms with E-state index in [1.807, 2.05) is 12.1 Å². The fourth-order valence-electron chi connectivity index (χ4n) is 1.84. The smallest absolute Gasteiger partial charge is 0.173 e. The molecular formula is C14H12FN3O. The zero-order chi connectivity index (χ0) is 13.2. The third kappa shape index (κ3) is 2.28. The van der Waals surface area contributed by atoms with Crippen molar-refractivity contribution in [1.82, 2.24) is 9.97 Å². The van der Waals surface area contributed by atoms with Gasteiger partial charge in [0.25, 0.3) is 0 Å². The van der Waals surface area contributed by atoms with E-state index in [2.05, 4.69) is 9.97 Å². The van der Waals surface area contributed by atoms with E-state index in [1.165, 1.54) is 12.1 Å². The molecule has 0 unspecified atom stereocenters. The molecule has 0 aliphatic carbocycles. The number of furan rings is 1. The molecule has 5 heteroatoms. The molecule has 0 radical (unpaired) electrons. The molecule has 19 heavy (non-hydrogen) atoms. The molecule has 0 saturated carbocycles. The number of hydrogen-bond donors (Lipinski definition) is 2. The quantitative estimate of drug-likeness (QED) is 0.758. The summed E-state index contributed by atoms with van der Waals surface area (Å²) in [6.45, 7) is 0.353. The van der Waals surface area contributed by atoms with Crippen molar-refractivity contribution in [1.29, 1.82) is 0 Å². The van der Waals surface area contributed by atoms with Gasteiger partial charge >= 0.3 is 0 Å². The molecule has 3 N–H and O–H groups in total. The van der Waals surface area contributed by atoms with Crippen LogP contribution in [0.25, 0.3) is 22.8 Å². The number of aromatic nitrogens is 2. The molecule has 4 nitrogen and oxygen atoms in total. The lowest BCUT2D eigenvalue weighted by Gasteiger charge is -1.96. The average molecular weight is 257 g/mol. The molecule has 2 heterocycles. The second-order valence-corrected chi connectivity index (χ2v) is 4.12. The molecule has 1 aromatic carbocycles. The molecule has 0 aliphatic heterocycles. The van der Waals surface area contributed by atoms with Crippen LogP contribution < -0.4 is 5.73 Å². The Bertz CT molecular complexity index is 685. The number of imidazole rings is 1. The molecule has 2 aromatic heterocycles. The largest absolute Gasteiger partial charge is 0.456 e. The van der Waals surface area contributed by atoms with E-state index in [0.717, 1.165) is 11.3 Å². The van der Waals surface area contributed by atoms with Gasteiger partial charge in [-0.1, -0.05) is 0 Å². The Morgan fingerprint density at radius 2 is 1.95 bits per heavy atom. The second-order valence-electron chi connectivity index (χ2n) is 4.12. The summed E-state index contributed by atoms with van der Waals surface area (Å²) < 4.78 is 18.4. The highest BCUT2D eigenvalue weighted by Gasteiger charge is 2.09. The minimum absolute atomic E-state index is 0.262. The predicted molar refractivity (Wildman–Crippen MR) is 69.6 cm³/mol. The monoisotopic (exact) mass is 257 g/mol. The Kier molecular flexibility index (Phi) is 2.89. The SMILES string of the molecule is NCc1ccc(-c2ncc(-c3ccc(F)cc3)[nH]2)o1. The van der Waals surface area contributed by atoms with Crippen molar-refractivity contribution in [3.05, 3.63) is 54.2 Å². The van der Waals surface area contributed by atoms with Crippen LogP contribution in [0.4, 0.5) is 4.39 Å². The van der Waals surface area contributed by atoms with Gasteiger partial charge in [0.05, 0.1) is 18.4 Å². The fraction of sp³-hybridized carbons (Fsp3) is 0.0714. The van der Waals surface area contributed by atoms with Crippen LogP contribution in [-0.4, -0.2) is 9.97 Å². The molecule has 0 amide bonds. The molecule has 0 aliphatic rings. The van der Waals surface area contributed by atoms with Gasteiger partial charge in [-0.15, -0.1) is 0 Å². The first kappa shape index (κ1) is 11.7. The molecule has 96 valence electrons. The standard InChI is InChI=1S/C14H12FN3O/c15-10-3-1-9(2-4-10)12-8-17-14(18-12)13-6-5-11(7-16)19-13/h1-6,8H,7,16H2,(H,17,18). The maximum Gasteiger partial charge on any atom is 0.173 e. The Labute approximate surface area is 109 Å². The van der Waals surface area contributed by atoms with Gasteiger partial charge in [0.2, 0.25) is 0 Å². The van der Waals surface area contributed by atoms with Gasteiger partial charge in [-0.3, -0.25) is 0 Å². The summed E-state index contributed by atoms with van der Waals surface area (Å²) in [4.78, 5) is 7.38. The molecule has 0 bridgehead atoms. The van der Waals surface area contributed by atoms with Crippen molar-refractivity contribution in [2.45, 2.75) is 6.54 Å². The topological polar surface area (TPSA) is 67.8 Å². The minimum Gasteiger partial charge on any atom is -0.456 e. The summed E-state index contributed by atoms with van der Waals surface area (Å²) in [5, 5.41) is 0. The van der Waals surface area contributed by atoms with Crippen molar-refractivity contribution in [3.8, 4) is 22.8 Å². The number of hydrogen-bond acceptors (Lipinski definition) is 3. The average Bonchev–Trinajstić information content (AvgIpc) is 3.08. The lowest BCUT2D eigenvalue weighted by Crippen LogP contribution is -1.92. The Balaban J connectivity index is 1.92. The first-order valence-electron chi connectivity index (χ1n) is 5.86. The highest BCUT2D eigenvalue weighted by atomic mass is 19.1. The number of aromatic amines is 1. The Hall–Kier alpha value is -2.40. The van der Waals surface area contributed by atoms with Crippen molar-refractivity contribution in [2.75, 3.05) is 0 Å². The molecule has 3 rings (SSSR count). The van der Waals surface area contributed by atoms with Crippen LogP contribution in [0.3, 0.4) is 0 Å². The Morgan fingerprint density at radius 1 is 1.16 bits per heavy atom. The summed E-state index contributed by atoms with van der Waals surface area (Å²) in [6, 6.07) is 9.84. The van der Waals surface area contributed by atoms with Crippen molar-refractivity contribution >= 4 is 0 Å². The zero-order valence-electron chi connectivity index (χ0n) is 10.1. The lowest BCUT2D eigenvalue weighted by molar-refractivity contribution is 0.522. The molecule has 0 spiro atoms. The predicted octanol–water partition coefficient (Wildman–Crippen LogP) is 2.93. The van der Waals surface area contributed by atoms with Gasteiger partial charge in [-0.25, -0.2) is 9.37 Å². The third-order valence-corrected chi connectivity index (χ3v) is 2.83. The summed E-state index contributed by atoms with van der Waals surface area (Å²) in [5.74, 6) is 1.70. The van der Waals surface area contributed by atoms with Crippen molar-refractivity contribution in [3.63, 3.8) is 0 Å². The van der Waals surface area contributed by atoms with Gasteiger partial charge in [0.1, 0.15) is 11.6 Å². The van der Waals surface area contributed by atoms with Gasteiger partial charge < -0.3 is 15.1 Å². The maximum atomic E-state index is 12.9. The first-order valence-corrected chi connectivity index (χ1v) is 5.86. The summed E-state index contributed by atoms with van der Waals surface area (Å²) >= 11 is 0. The fourth-order valence-corrected chi connectivity index (χ4v) is 1.84. The number of rotatable bonds is 3. The van der Waals surface area contributed by atoms with Crippen LogP contribution in [0.2, 0.25) is 0 Å². The van der Waals surface area contributed by atoms with Gasteiger partial charge in [0, 0.05) is 0 Å². The highest BCUT2D eigenvalue weighted by molar-refractivity contribution is 5.62. The van der Waals surface area contributed by atoms with Gasteiger partial charge in [-0.2, -0.15) is 0 Å². The van der Waals surface area contributed by atoms with E-state index in [0.29, 0.717) is 23.9 Å². The van der Waals surface area contributed by atoms with Crippen LogP contribution in [0.1, 0.15) is 5.76 Å². The van der Waals surface area contributed by atoms with Crippen molar-refractivity contribution < 1.29 is 8.81 Å². The molecule has 0 saturated heterocycles. The van der Waals surface area contributed by atoms with Gasteiger partial charge in [-0.05, 0) is 42.0 Å². The van der Waals surface area contributed by atoms with E-state index in [4.69, 9.17) is 10.2 Å². The Morgan fingerprint density at radius 3 is 2.63 bits per heavy atom. The highest BCUT2D eigenvalue weighted by Crippen LogP contribution is 2.23. The first-order chi connectivity index (χ1) is 9.26. The number of benzene rings is 1. The van der Waals surface area contributed by atoms with Crippen molar-refractivity contribution in [2.24, 2.45) is 5.73 Å².